The van der Waals surface area contributed by atoms with E-state index in [4.69, 9.17) is 4.98 Å². The van der Waals surface area contributed by atoms with E-state index in [1.807, 2.05) is 6.20 Å². The molecule has 0 N–H and O–H groups in total. The van der Waals surface area contributed by atoms with Crippen molar-refractivity contribution in [1.29, 1.82) is 0 Å². The van der Waals surface area contributed by atoms with Gasteiger partial charge in [-0.1, -0.05) is 64.1 Å². The summed E-state index contributed by atoms with van der Waals surface area (Å²) in [6, 6.07) is 20.9. The lowest BCUT2D eigenvalue weighted by molar-refractivity contribution is 0.376. The molecule has 1 aromatic heterocycles. The summed E-state index contributed by atoms with van der Waals surface area (Å²) in [6.07, 6.45) is 6.91. The maximum Gasteiger partial charge on any atom is 0.0783 e. The van der Waals surface area contributed by atoms with Crippen LogP contribution in [0.3, 0.4) is 0 Å². The van der Waals surface area contributed by atoms with Crippen LogP contribution in [0, 0.1) is 12.3 Å². The summed E-state index contributed by atoms with van der Waals surface area (Å²) in [7, 11) is 0. The van der Waals surface area contributed by atoms with Crippen LogP contribution in [0.2, 0.25) is 0 Å². The van der Waals surface area contributed by atoms with E-state index < -0.39 is 0 Å². The molecule has 3 aromatic carbocycles. The van der Waals surface area contributed by atoms with Crippen molar-refractivity contribution >= 4 is 10.8 Å². The molecule has 172 valence electrons. The molecule has 34 heavy (non-hydrogen) atoms. The van der Waals surface area contributed by atoms with Gasteiger partial charge in [0.1, 0.15) is 0 Å². The zero-order valence-electron chi connectivity index (χ0n) is 21.2. The number of pyridine rings is 1. The molecule has 6 rings (SSSR count). The zero-order valence-corrected chi connectivity index (χ0v) is 21.2. The van der Waals surface area contributed by atoms with Gasteiger partial charge in [0.2, 0.25) is 0 Å². The summed E-state index contributed by atoms with van der Waals surface area (Å²) in [6.45, 7) is 11.7. The van der Waals surface area contributed by atoms with Crippen LogP contribution in [0.5, 0.6) is 0 Å². The molecule has 1 atom stereocenters. The largest absolute Gasteiger partial charge is 0.256 e. The van der Waals surface area contributed by atoms with Gasteiger partial charge in [-0.3, -0.25) is 4.98 Å². The number of nitrogens with zero attached hydrogens (tertiary/aromatic N) is 1. The van der Waals surface area contributed by atoms with Crippen LogP contribution in [-0.4, -0.2) is 4.98 Å². The zero-order chi connectivity index (χ0) is 23.6. The molecule has 1 saturated carbocycles. The van der Waals surface area contributed by atoms with E-state index in [2.05, 4.69) is 89.2 Å². The molecule has 4 aromatic rings. The summed E-state index contributed by atoms with van der Waals surface area (Å²) in [5.74, 6) is 1.14. The highest BCUT2D eigenvalue weighted by atomic mass is 14.7. The number of aryl methyl sites for hydroxylation is 1. The van der Waals surface area contributed by atoms with E-state index in [0.717, 1.165) is 12.1 Å². The number of rotatable bonds is 3. The maximum atomic E-state index is 5.06. The molecule has 1 heterocycles. The van der Waals surface area contributed by atoms with Crippen LogP contribution in [0.4, 0.5) is 0 Å². The Morgan fingerprint density at radius 1 is 0.912 bits per heavy atom. The second-order valence-corrected chi connectivity index (χ2v) is 11.8. The third kappa shape index (κ3) is 3.49. The van der Waals surface area contributed by atoms with Gasteiger partial charge in [0, 0.05) is 17.1 Å². The standard InChI is InChI=1S/C33H35N/c1-20(2)27-17-24(23-10-12-33(4,5)19-23)18-31-26(27)11-13-34-32(31)30-15-21(3)14-28-25-9-7-6-8-22(25)16-29(28)30/h6-9,11,13-15,17-18,20,23H,10,12,16,19H2,1-5H3. The van der Waals surface area contributed by atoms with Gasteiger partial charge in [0.25, 0.3) is 0 Å². The average Bonchev–Trinajstić information content (AvgIpc) is 3.37. The van der Waals surface area contributed by atoms with E-state index in [1.54, 1.807) is 0 Å². The van der Waals surface area contributed by atoms with Crippen molar-refractivity contribution < 1.29 is 0 Å². The van der Waals surface area contributed by atoms with Crippen LogP contribution >= 0.6 is 0 Å². The molecular weight excluding hydrogens is 410 g/mol. The summed E-state index contributed by atoms with van der Waals surface area (Å²) >= 11 is 0. The number of hydrogen-bond donors (Lipinski definition) is 0. The first kappa shape index (κ1) is 21.6. The number of hydrogen-bond acceptors (Lipinski definition) is 1. The van der Waals surface area contributed by atoms with Gasteiger partial charge in [-0.05, 0) is 112 Å². The van der Waals surface area contributed by atoms with Crippen molar-refractivity contribution in [3.8, 4) is 22.4 Å². The van der Waals surface area contributed by atoms with Gasteiger partial charge in [0.05, 0.1) is 5.69 Å². The van der Waals surface area contributed by atoms with Crippen LogP contribution in [0.1, 0.15) is 86.6 Å². The molecule has 1 nitrogen and oxygen atoms in total. The fourth-order valence-corrected chi connectivity index (χ4v) is 6.57. The Balaban J connectivity index is 1.59. The minimum Gasteiger partial charge on any atom is -0.256 e. The Labute approximate surface area is 204 Å². The Bertz CT molecular complexity index is 1420. The monoisotopic (exact) mass is 445 g/mol. The molecule has 0 spiro atoms. The van der Waals surface area contributed by atoms with Gasteiger partial charge in [-0.2, -0.15) is 0 Å². The smallest absolute Gasteiger partial charge is 0.0783 e. The lowest BCUT2D eigenvalue weighted by Crippen LogP contribution is -2.05. The molecule has 0 radical (unpaired) electrons. The van der Waals surface area contributed by atoms with E-state index in [9.17, 15) is 0 Å². The first-order valence-electron chi connectivity index (χ1n) is 13.0. The molecule has 0 saturated heterocycles. The number of aromatic nitrogens is 1. The van der Waals surface area contributed by atoms with Crippen molar-refractivity contribution in [1.82, 2.24) is 4.98 Å². The van der Waals surface area contributed by atoms with E-state index in [-0.39, 0.29) is 0 Å². The van der Waals surface area contributed by atoms with Crippen molar-refractivity contribution in [2.75, 3.05) is 0 Å². The summed E-state index contributed by atoms with van der Waals surface area (Å²) < 4.78 is 0. The van der Waals surface area contributed by atoms with E-state index in [1.165, 1.54) is 74.5 Å². The second-order valence-electron chi connectivity index (χ2n) is 11.8. The highest BCUT2D eigenvalue weighted by Gasteiger charge is 2.32. The Hall–Kier alpha value is -2.93. The van der Waals surface area contributed by atoms with Crippen molar-refractivity contribution in [2.24, 2.45) is 5.41 Å². The maximum absolute atomic E-state index is 5.06. The minimum absolute atomic E-state index is 0.443. The van der Waals surface area contributed by atoms with Crippen LogP contribution in [0.15, 0.2) is 60.8 Å². The molecule has 0 amide bonds. The van der Waals surface area contributed by atoms with Crippen molar-refractivity contribution in [3.63, 3.8) is 0 Å². The van der Waals surface area contributed by atoms with Gasteiger partial charge >= 0.3 is 0 Å². The second kappa shape index (κ2) is 7.80. The van der Waals surface area contributed by atoms with Crippen molar-refractivity contribution in [2.45, 2.75) is 72.1 Å². The van der Waals surface area contributed by atoms with Gasteiger partial charge in [-0.25, -0.2) is 0 Å². The fraction of sp³-hybridized carbons (Fsp3) is 0.364. The third-order valence-electron chi connectivity index (χ3n) is 8.32. The number of fused-ring (bicyclic) bond motifs is 4. The topological polar surface area (TPSA) is 12.9 Å². The van der Waals surface area contributed by atoms with E-state index >= 15 is 0 Å². The first-order chi connectivity index (χ1) is 16.3. The average molecular weight is 446 g/mol. The van der Waals surface area contributed by atoms with Crippen LogP contribution in [-0.2, 0) is 6.42 Å². The predicted octanol–water partition coefficient (Wildman–Crippen LogP) is 9.20. The summed E-state index contributed by atoms with van der Waals surface area (Å²) in [4.78, 5) is 5.06. The molecule has 0 bridgehead atoms. The van der Waals surface area contributed by atoms with Crippen molar-refractivity contribution in [3.05, 3.63) is 88.6 Å². The Kier molecular flexibility index (Phi) is 4.96. The van der Waals surface area contributed by atoms with E-state index in [0.29, 0.717) is 17.3 Å². The van der Waals surface area contributed by atoms with Gasteiger partial charge in [-0.15, -0.1) is 0 Å². The predicted molar refractivity (Wildman–Crippen MR) is 145 cm³/mol. The van der Waals surface area contributed by atoms with Crippen LogP contribution in [0.25, 0.3) is 33.2 Å². The highest BCUT2D eigenvalue weighted by molar-refractivity contribution is 5.99. The lowest BCUT2D eigenvalue weighted by atomic mass is 9.84. The molecule has 0 aliphatic heterocycles. The Morgan fingerprint density at radius 3 is 2.47 bits per heavy atom. The molecular formula is C33H35N. The summed E-state index contributed by atoms with van der Waals surface area (Å²) in [5.41, 5.74) is 12.9. The quantitative estimate of drug-likeness (QED) is 0.270. The Morgan fingerprint density at radius 2 is 1.71 bits per heavy atom. The fourth-order valence-electron chi connectivity index (χ4n) is 6.57. The van der Waals surface area contributed by atoms with Crippen LogP contribution < -0.4 is 0 Å². The van der Waals surface area contributed by atoms with Gasteiger partial charge in [0.15, 0.2) is 0 Å². The first-order valence-corrected chi connectivity index (χ1v) is 13.0. The molecule has 1 heteroatoms. The molecule has 1 unspecified atom stereocenters. The SMILES string of the molecule is Cc1cc2c(c(-c3nccc4c(C(C)C)cc(C5CCC(C)(C)C5)cc34)c1)Cc1ccccc1-2. The van der Waals surface area contributed by atoms with Gasteiger partial charge < -0.3 is 0 Å². The lowest BCUT2D eigenvalue weighted by Gasteiger charge is -2.21. The third-order valence-corrected chi connectivity index (χ3v) is 8.32. The minimum atomic E-state index is 0.443. The highest BCUT2D eigenvalue weighted by Crippen LogP contribution is 2.48. The molecule has 2 aliphatic rings. The number of benzene rings is 3. The molecule has 1 fully saturated rings. The molecule has 2 aliphatic carbocycles. The summed E-state index contributed by atoms with van der Waals surface area (Å²) in [5, 5.41) is 2.70. The normalized spacial score (nSPS) is 18.5.